The highest BCUT2D eigenvalue weighted by Gasteiger charge is 2.30. The van der Waals surface area contributed by atoms with Gasteiger partial charge in [0.25, 0.3) is 0 Å². The Balaban J connectivity index is 0.00000480. The minimum Gasteiger partial charge on any atom is -0.491 e. The van der Waals surface area contributed by atoms with E-state index in [1.165, 1.54) is 12.1 Å². The molecule has 11 heteroatoms. The summed E-state index contributed by atoms with van der Waals surface area (Å²) in [5.41, 5.74) is 2.17. The SMILES string of the molecule is CCNC(=NCc1c(C)nn(C)c1C)NCC(O)COc1cccc(C(F)(F)F)c1.I. The van der Waals surface area contributed by atoms with E-state index >= 15 is 0 Å². The molecule has 31 heavy (non-hydrogen) atoms. The molecule has 1 atom stereocenters. The van der Waals surface area contributed by atoms with Gasteiger partial charge >= 0.3 is 6.18 Å². The van der Waals surface area contributed by atoms with Gasteiger partial charge in [0.15, 0.2) is 5.96 Å². The Kier molecular flexibility index (Phi) is 10.6. The summed E-state index contributed by atoms with van der Waals surface area (Å²) in [7, 11) is 1.87. The Morgan fingerprint density at radius 2 is 2.00 bits per heavy atom. The second-order valence-electron chi connectivity index (χ2n) is 6.84. The molecule has 1 heterocycles. The number of guanidine groups is 1. The minimum atomic E-state index is -4.44. The monoisotopic (exact) mass is 555 g/mol. The van der Waals surface area contributed by atoms with Crippen LogP contribution in [-0.4, -0.2) is 46.6 Å². The van der Waals surface area contributed by atoms with E-state index in [1.807, 2.05) is 27.8 Å². The number of nitrogens with zero attached hydrogens (tertiary/aromatic N) is 3. The molecule has 0 aliphatic rings. The highest BCUT2D eigenvalue weighted by atomic mass is 127. The van der Waals surface area contributed by atoms with Gasteiger partial charge in [-0.2, -0.15) is 18.3 Å². The first-order valence-electron chi connectivity index (χ1n) is 9.61. The number of aliphatic hydroxyl groups excluding tert-OH is 1. The van der Waals surface area contributed by atoms with E-state index in [9.17, 15) is 18.3 Å². The molecule has 7 nitrogen and oxygen atoms in total. The van der Waals surface area contributed by atoms with Crippen molar-refractivity contribution in [3.8, 4) is 5.75 Å². The highest BCUT2D eigenvalue weighted by Crippen LogP contribution is 2.31. The van der Waals surface area contributed by atoms with Gasteiger partial charge in [0.1, 0.15) is 18.5 Å². The molecule has 1 unspecified atom stereocenters. The molecule has 1 aromatic carbocycles. The number of hydrogen-bond donors (Lipinski definition) is 3. The molecule has 2 rings (SSSR count). The number of aliphatic imine (C=N–C) groups is 1. The van der Waals surface area contributed by atoms with Crippen LogP contribution < -0.4 is 15.4 Å². The van der Waals surface area contributed by atoms with Crippen LogP contribution in [0.3, 0.4) is 0 Å². The van der Waals surface area contributed by atoms with E-state index in [0.29, 0.717) is 19.0 Å². The van der Waals surface area contributed by atoms with Crippen molar-refractivity contribution >= 4 is 29.9 Å². The van der Waals surface area contributed by atoms with Crippen molar-refractivity contribution in [2.45, 2.75) is 39.6 Å². The quantitative estimate of drug-likeness (QED) is 0.265. The molecule has 0 aliphatic carbocycles. The van der Waals surface area contributed by atoms with Crippen molar-refractivity contribution in [3.05, 3.63) is 46.8 Å². The number of ether oxygens (including phenoxy) is 1. The van der Waals surface area contributed by atoms with Crippen molar-refractivity contribution in [2.75, 3.05) is 19.7 Å². The van der Waals surface area contributed by atoms with Crippen LogP contribution >= 0.6 is 24.0 Å². The van der Waals surface area contributed by atoms with E-state index in [-0.39, 0.29) is 42.9 Å². The first-order chi connectivity index (χ1) is 14.1. The predicted molar refractivity (Wildman–Crippen MR) is 124 cm³/mol. The molecule has 0 saturated heterocycles. The molecule has 0 radical (unpaired) electrons. The predicted octanol–water partition coefficient (Wildman–Crippen LogP) is 3.17. The first kappa shape index (κ1) is 27.0. The number of rotatable bonds is 8. The van der Waals surface area contributed by atoms with Gasteiger partial charge in [-0.05, 0) is 39.0 Å². The number of hydrogen-bond acceptors (Lipinski definition) is 4. The number of halogens is 4. The summed E-state index contributed by atoms with van der Waals surface area (Å²) in [6, 6.07) is 4.56. The molecular formula is C20H29F3IN5O2. The maximum absolute atomic E-state index is 12.8. The Bertz CT molecular complexity index is 871. The molecular weight excluding hydrogens is 526 g/mol. The number of alkyl halides is 3. The maximum atomic E-state index is 12.8. The standard InChI is InChI=1S/C20H28F3N5O2.HI/c1-5-24-19(26-11-18-13(2)27-28(4)14(18)3)25-10-16(29)12-30-17-8-6-7-15(9-17)20(21,22)23;/h6-9,16,29H,5,10-12H2,1-4H3,(H2,24,25,26);1H. The lowest BCUT2D eigenvalue weighted by atomic mass is 10.2. The molecule has 3 N–H and O–H groups in total. The normalized spacial score (nSPS) is 12.8. The van der Waals surface area contributed by atoms with E-state index in [1.54, 1.807) is 4.68 Å². The molecule has 0 amide bonds. The lowest BCUT2D eigenvalue weighted by molar-refractivity contribution is -0.137. The second-order valence-corrected chi connectivity index (χ2v) is 6.84. The molecule has 1 aromatic heterocycles. The fourth-order valence-corrected chi connectivity index (χ4v) is 2.77. The van der Waals surface area contributed by atoms with Gasteiger partial charge in [-0.25, -0.2) is 4.99 Å². The van der Waals surface area contributed by atoms with Crippen molar-refractivity contribution in [2.24, 2.45) is 12.0 Å². The van der Waals surface area contributed by atoms with E-state index in [2.05, 4.69) is 20.7 Å². The fourth-order valence-electron chi connectivity index (χ4n) is 2.77. The Hall–Kier alpha value is -2.02. The number of aliphatic hydroxyl groups is 1. The highest BCUT2D eigenvalue weighted by molar-refractivity contribution is 14.0. The number of nitrogens with one attached hydrogen (secondary N) is 2. The van der Waals surface area contributed by atoms with Crippen LogP contribution in [0.2, 0.25) is 0 Å². The second kappa shape index (κ2) is 12.1. The summed E-state index contributed by atoms with van der Waals surface area (Å²) < 4.78 is 45.4. The third-order valence-electron chi connectivity index (χ3n) is 4.51. The summed E-state index contributed by atoms with van der Waals surface area (Å²) in [5, 5.41) is 20.6. The summed E-state index contributed by atoms with van der Waals surface area (Å²) in [4.78, 5) is 4.51. The van der Waals surface area contributed by atoms with E-state index < -0.39 is 17.8 Å². The number of aryl methyl sites for hydroxylation is 2. The smallest absolute Gasteiger partial charge is 0.416 e. The summed E-state index contributed by atoms with van der Waals surface area (Å²) in [6.07, 6.45) is -5.38. The number of benzene rings is 1. The minimum absolute atomic E-state index is 0. The zero-order valence-electron chi connectivity index (χ0n) is 18.0. The van der Waals surface area contributed by atoms with Gasteiger partial charge in [0.2, 0.25) is 0 Å². The van der Waals surface area contributed by atoms with Crippen molar-refractivity contribution < 1.29 is 23.0 Å². The molecule has 0 saturated carbocycles. The van der Waals surface area contributed by atoms with E-state index in [4.69, 9.17) is 4.74 Å². The van der Waals surface area contributed by atoms with Crippen LogP contribution in [0.1, 0.15) is 29.4 Å². The molecule has 0 spiro atoms. The van der Waals surface area contributed by atoms with Crippen molar-refractivity contribution in [1.82, 2.24) is 20.4 Å². The Morgan fingerprint density at radius 1 is 1.29 bits per heavy atom. The Labute approximate surface area is 197 Å². The largest absolute Gasteiger partial charge is 0.491 e. The van der Waals surface area contributed by atoms with Gasteiger partial charge in [-0.1, -0.05) is 6.07 Å². The van der Waals surface area contributed by atoms with Gasteiger partial charge in [0.05, 0.1) is 17.8 Å². The summed E-state index contributed by atoms with van der Waals surface area (Å²) in [5.74, 6) is 0.560. The lowest BCUT2D eigenvalue weighted by Crippen LogP contribution is -2.42. The van der Waals surface area contributed by atoms with Crippen LogP contribution in [0.25, 0.3) is 0 Å². The third kappa shape index (κ3) is 8.20. The lowest BCUT2D eigenvalue weighted by Gasteiger charge is -2.16. The molecule has 0 fully saturated rings. The first-order valence-corrected chi connectivity index (χ1v) is 9.61. The average molecular weight is 555 g/mol. The summed E-state index contributed by atoms with van der Waals surface area (Å²) >= 11 is 0. The average Bonchev–Trinajstić information content (AvgIpc) is 2.93. The van der Waals surface area contributed by atoms with Crippen molar-refractivity contribution in [3.63, 3.8) is 0 Å². The van der Waals surface area contributed by atoms with Gasteiger partial charge < -0.3 is 20.5 Å². The molecule has 2 aromatic rings. The number of aromatic nitrogens is 2. The van der Waals surface area contributed by atoms with Crippen LogP contribution in [0, 0.1) is 13.8 Å². The van der Waals surface area contributed by atoms with Crippen LogP contribution in [0.5, 0.6) is 5.75 Å². The Morgan fingerprint density at radius 3 is 2.58 bits per heavy atom. The van der Waals surface area contributed by atoms with E-state index in [0.717, 1.165) is 29.1 Å². The van der Waals surface area contributed by atoms with Gasteiger partial charge in [-0.15, -0.1) is 24.0 Å². The third-order valence-corrected chi connectivity index (χ3v) is 4.51. The van der Waals surface area contributed by atoms with Gasteiger partial charge in [-0.3, -0.25) is 4.68 Å². The zero-order valence-corrected chi connectivity index (χ0v) is 20.3. The van der Waals surface area contributed by atoms with Crippen LogP contribution in [-0.2, 0) is 19.8 Å². The molecule has 0 bridgehead atoms. The zero-order chi connectivity index (χ0) is 22.3. The van der Waals surface area contributed by atoms with Crippen LogP contribution in [0.4, 0.5) is 13.2 Å². The molecule has 174 valence electrons. The topological polar surface area (TPSA) is 83.7 Å². The van der Waals surface area contributed by atoms with Crippen molar-refractivity contribution in [1.29, 1.82) is 0 Å². The fraction of sp³-hybridized carbons (Fsp3) is 0.500. The summed E-state index contributed by atoms with van der Waals surface area (Å²) in [6.45, 7) is 6.84. The molecule has 0 aliphatic heterocycles. The maximum Gasteiger partial charge on any atom is 0.416 e. The van der Waals surface area contributed by atoms with Crippen LogP contribution in [0.15, 0.2) is 29.3 Å². The van der Waals surface area contributed by atoms with Gasteiger partial charge in [0, 0.05) is 31.4 Å².